The van der Waals surface area contributed by atoms with Gasteiger partial charge < -0.3 is 25.7 Å². The van der Waals surface area contributed by atoms with Gasteiger partial charge in [0.2, 0.25) is 0 Å². The van der Waals surface area contributed by atoms with E-state index in [2.05, 4.69) is 12.2 Å². The van der Waals surface area contributed by atoms with Crippen LogP contribution in [0, 0.1) is 51.2 Å². The summed E-state index contributed by atoms with van der Waals surface area (Å²) < 4.78 is 0. The van der Waals surface area contributed by atoms with Crippen LogP contribution in [0.15, 0.2) is 59.7 Å². The molecule has 9 heteroatoms. The van der Waals surface area contributed by atoms with Crippen molar-refractivity contribution in [1.82, 2.24) is 5.32 Å². The van der Waals surface area contributed by atoms with Gasteiger partial charge in [0, 0.05) is 40.6 Å². The van der Waals surface area contributed by atoms with Crippen molar-refractivity contribution in [2.75, 3.05) is 13.6 Å². The van der Waals surface area contributed by atoms with Gasteiger partial charge in [-0.15, -0.1) is 0 Å². The number of aliphatic carboxylic acids is 1. The van der Waals surface area contributed by atoms with Crippen LogP contribution in [0.3, 0.4) is 0 Å². The summed E-state index contributed by atoms with van der Waals surface area (Å²) in [5, 5.41) is 49.9. The lowest BCUT2D eigenvalue weighted by atomic mass is 9.36. The molecule has 0 aliphatic heterocycles. The van der Waals surface area contributed by atoms with Crippen molar-refractivity contribution in [3.8, 4) is 0 Å². The maximum Gasteiger partial charge on any atom is 0.314 e. The third-order valence-electron chi connectivity index (χ3n) is 14.7. The summed E-state index contributed by atoms with van der Waals surface area (Å²) in [6, 6.07) is 9.77. The van der Waals surface area contributed by atoms with Crippen molar-refractivity contribution < 1.29 is 39.6 Å². The number of aliphatic hydroxyl groups excluding tert-OH is 1. The summed E-state index contributed by atoms with van der Waals surface area (Å²) in [6.07, 6.45) is 6.93. The number of rotatable bonds is 11. The lowest BCUT2D eigenvalue weighted by molar-refractivity contribution is -0.161. The molecule has 5 aliphatic rings. The van der Waals surface area contributed by atoms with Crippen LogP contribution in [0.5, 0.6) is 0 Å². The Labute approximate surface area is 301 Å². The molecule has 5 N–H and O–H groups in total. The molecule has 6 rings (SSSR count). The largest absolute Gasteiger partial charge is 0.481 e. The molecule has 5 aliphatic carbocycles. The fourth-order valence-electron chi connectivity index (χ4n) is 11.9. The molecule has 276 valence electrons. The van der Waals surface area contributed by atoms with Crippen LogP contribution in [0.2, 0.25) is 0 Å². The fraction of sp³-hybridized carbons (Fsp3) is 0.619. The van der Waals surface area contributed by atoms with Gasteiger partial charge in [-0.1, -0.05) is 90.1 Å². The van der Waals surface area contributed by atoms with Crippen LogP contribution in [0.1, 0.15) is 85.6 Å². The summed E-state index contributed by atoms with van der Waals surface area (Å²) in [7, 11) is 1.67. The molecule has 0 amide bonds. The highest BCUT2D eigenvalue weighted by Crippen LogP contribution is 2.78. The van der Waals surface area contributed by atoms with E-state index in [4.69, 9.17) is 0 Å². The first-order chi connectivity index (χ1) is 23.7. The zero-order valence-corrected chi connectivity index (χ0v) is 31.0. The Kier molecular flexibility index (Phi) is 9.14. The number of carboxylic acid groups (broad SMARTS) is 1. The van der Waals surface area contributed by atoms with E-state index in [1.165, 1.54) is 0 Å². The molecule has 0 unspecified atom stereocenters. The van der Waals surface area contributed by atoms with Gasteiger partial charge in [-0.05, 0) is 79.7 Å². The Morgan fingerprint density at radius 1 is 1.04 bits per heavy atom. The Morgan fingerprint density at radius 2 is 1.71 bits per heavy atom. The number of carboxylic acids is 1. The number of carbonyl (C=O) groups is 4. The number of hydrogen-bond acceptors (Lipinski definition) is 8. The topological polar surface area (TPSA) is 161 Å². The average Bonchev–Trinajstić information content (AvgIpc) is 3.25. The van der Waals surface area contributed by atoms with Gasteiger partial charge in [-0.3, -0.25) is 19.2 Å². The fourth-order valence-corrected chi connectivity index (χ4v) is 11.9. The van der Waals surface area contributed by atoms with Gasteiger partial charge in [0.05, 0.1) is 5.60 Å². The zero-order valence-electron chi connectivity index (χ0n) is 31.0. The van der Waals surface area contributed by atoms with Crippen molar-refractivity contribution in [2.45, 2.75) is 97.4 Å². The third kappa shape index (κ3) is 5.16. The summed E-state index contributed by atoms with van der Waals surface area (Å²) in [5.41, 5.74) is -4.76. The molecular formula is C42H55NO8. The summed E-state index contributed by atoms with van der Waals surface area (Å²) in [6.45, 7) is 12.1. The predicted octanol–water partition coefficient (Wildman–Crippen LogP) is 4.94. The SMILES string of the molecule is CNCC[C@@H](C(=O)O)C(=O)[C@@H](O)C[C@@H](C)[C@@H]1C[C@]2(O)C=C[C@@]3(O)C4=C(C(=O)C[C@@]1(C)[C@]42C)[C@@]1(C)CCC(=O)C(C)(C)[C@@H]1[C@@H]3C=Cc1ccccc1. The lowest BCUT2D eigenvalue weighted by Gasteiger charge is -2.68. The van der Waals surface area contributed by atoms with E-state index < -0.39 is 68.5 Å². The molecule has 1 aromatic rings. The number of benzene rings is 1. The highest BCUT2D eigenvalue weighted by atomic mass is 16.4. The molecule has 11 atom stereocenters. The summed E-state index contributed by atoms with van der Waals surface area (Å²) >= 11 is 0. The smallest absolute Gasteiger partial charge is 0.314 e. The number of Topliss-reactive ketones (excluding diaryl/α,β-unsaturated/α-hetero) is 3. The number of ketones is 3. The Morgan fingerprint density at radius 3 is 2.33 bits per heavy atom. The summed E-state index contributed by atoms with van der Waals surface area (Å²) in [5.74, 6) is -5.15. The minimum atomic E-state index is -1.69. The second kappa shape index (κ2) is 12.4. The number of hydrogen-bond donors (Lipinski definition) is 5. The molecule has 0 bridgehead atoms. The molecule has 1 aromatic carbocycles. The molecule has 0 spiro atoms. The van der Waals surface area contributed by atoms with Gasteiger partial charge in [0.1, 0.15) is 23.4 Å². The highest BCUT2D eigenvalue weighted by molar-refractivity contribution is 6.02. The monoisotopic (exact) mass is 701 g/mol. The van der Waals surface area contributed by atoms with Gasteiger partial charge in [-0.2, -0.15) is 0 Å². The van der Waals surface area contributed by atoms with Gasteiger partial charge >= 0.3 is 5.97 Å². The van der Waals surface area contributed by atoms with E-state index in [0.717, 1.165) is 5.56 Å². The van der Waals surface area contributed by atoms with E-state index in [-0.39, 0.29) is 49.1 Å². The molecule has 0 saturated heterocycles. The molecule has 0 heterocycles. The van der Waals surface area contributed by atoms with Crippen molar-refractivity contribution >= 4 is 29.4 Å². The van der Waals surface area contributed by atoms with Crippen LogP contribution < -0.4 is 5.32 Å². The van der Waals surface area contributed by atoms with Crippen LogP contribution in [-0.2, 0) is 19.2 Å². The first-order valence-corrected chi connectivity index (χ1v) is 18.5. The van der Waals surface area contributed by atoms with Gasteiger partial charge in [0.25, 0.3) is 0 Å². The van der Waals surface area contributed by atoms with E-state index in [1.807, 2.05) is 77.1 Å². The molecular weight excluding hydrogens is 646 g/mol. The number of carbonyl (C=O) groups excluding carboxylic acids is 3. The number of aliphatic hydroxyl groups is 3. The van der Waals surface area contributed by atoms with Crippen molar-refractivity contribution in [3.63, 3.8) is 0 Å². The van der Waals surface area contributed by atoms with Crippen molar-refractivity contribution in [2.24, 2.45) is 51.2 Å². The molecule has 0 aromatic heterocycles. The average molecular weight is 702 g/mol. The van der Waals surface area contributed by atoms with Crippen molar-refractivity contribution in [3.05, 3.63) is 65.3 Å². The van der Waals surface area contributed by atoms with E-state index in [0.29, 0.717) is 30.5 Å². The Hall–Kier alpha value is -3.24. The Balaban J connectivity index is 1.48. The number of fused-ring (bicyclic) bond motifs is 2. The zero-order chi connectivity index (χ0) is 37.5. The normalized spacial score (nSPS) is 39.8. The van der Waals surface area contributed by atoms with Crippen LogP contribution >= 0.6 is 0 Å². The summed E-state index contributed by atoms with van der Waals surface area (Å²) in [4.78, 5) is 53.8. The molecule has 2 fully saturated rings. The second-order valence-electron chi connectivity index (χ2n) is 17.5. The Bertz CT molecular complexity index is 1730. The molecule has 2 saturated carbocycles. The van der Waals surface area contributed by atoms with Crippen LogP contribution in [0.4, 0.5) is 0 Å². The molecule has 51 heavy (non-hydrogen) atoms. The van der Waals surface area contributed by atoms with Crippen molar-refractivity contribution in [1.29, 1.82) is 0 Å². The number of allylic oxidation sites excluding steroid dienone is 1. The van der Waals surface area contributed by atoms with Gasteiger partial charge in [-0.25, -0.2) is 0 Å². The van der Waals surface area contributed by atoms with Crippen LogP contribution in [0.25, 0.3) is 6.08 Å². The lowest BCUT2D eigenvalue weighted by Crippen LogP contribution is -2.69. The van der Waals surface area contributed by atoms with E-state index in [1.54, 1.807) is 19.2 Å². The maximum atomic E-state index is 14.9. The standard InChI is InChI=1S/C42H55NO8/c1-24(21-29(44)33(47)26(36(48)49)16-20-43-7)28-22-41(50)18-19-42(51)27(14-13-25-11-9-8-10-12-25)34-37(2,3)31(46)15-17-38(34,4)32-30(45)23-39(28,5)40(41,6)35(32)42/h8-14,18-19,24,26-29,34,43-44,50-51H,15-17,20-23H2,1-7H3,(H,48,49)/t24-,26-,27+,28+,29+,34+,38-,39-,40+,41-,42+/m1/s1. The van der Waals surface area contributed by atoms with E-state index >= 15 is 0 Å². The second-order valence-corrected chi connectivity index (χ2v) is 17.5. The first kappa shape index (κ1) is 37.5. The van der Waals surface area contributed by atoms with Crippen LogP contribution in [-0.4, -0.2) is 74.6 Å². The minimum absolute atomic E-state index is 0.0266. The predicted molar refractivity (Wildman–Crippen MR) is 193 cm³/mol. The molecule has 0 radical (unpaired) electrons. The first-order valence-electron chi connectivity index (χ1n) is 18.5. The maximum absolute atomic E-state index is 14.9. The number of nitrogens with one attached hydrogen (secondary N) is 1. The van der Waals surface area contributed by atoms with Gasteiger partial charge in [0.15, 0.2) is 11.6 Å². The minimum Gasteiger partial charge on any atom is -0.481 e. The van der Waals surface area contributed by atoms with E-state index in [9.17, 15) is 39.6 Å². The highest BCUT2D eigenvalue weighted by Gasteiger charge is 2.78. The molecule has 9 nitrogen and oxygen atoms in total. The third-order valence-corrected chi connectivity index (χ3v) is 14.7. The quantitative estimate of drug-likeness (QED) is 0.159.